The fraction of sp³-hybridized carbons (Fsp3) is 0.143. The molecule has 1 amide bonds. The number of rotatable bonds is 8. The number of halogens is 1. The van der Waals surface area contributed by atoms with Gasteiger partial charge in [-0.2, -0.15) is 0 Å². The van der Waals surface area contributed by atoms with E-state index in [2.05, 4.69) is 15.6 Å². The highest BCUT2D eigenvalue weighted by molar-refractivity contribution is 6.30. The highest BCUT2D eigenvalue weighted by Gasteiger charge is 2.08. The van der Waals surface area contributed by atoms with Crippen LogP contribution < -0.4 is 20.1 Å². The number of methoxy groups -OCH3 is 1. The lowest BCUT2D eigenvalue weighted by Crippen LogP contribution is -2.20. The van der Waals surface area contributed by atoms with Gasteiger partial charge in [-0.15, -0.1) is 0 Å². The van der Waals surface area contributed by atoms with Crippen LogP contribution in [-0.4, -0.2) is 24.6 Å². The van der Waals surface area contributed by atoms with Crippen LogP contribution in [0, 0.1) is 0 Å². The quantitative estimate of drug-likeness (QED) is 0.590. The second-order valence-corrected chi connectivity index (χ2v) is 6.34. The number of aromatic nitrogens is 1. The Balaban J connectivity index is 1.48. The van der Waals surface area contributed by atoms with Gasteiger partial charge in [-0.25, -0.2) is 4.98 Å². The number of carbonyl (C=O) groups excluding carboxylic acids is 1. The molecule has 0 saturated carbocycles. The SMILES string of the molecule is COc1ccccc1OCC(=O)Nc1ccc(NCc2ccc(Cl)cc2)cn1. The zero-order valence-corrected chi connectivity index (χ0v) is 16.1. The minimum absolute atomic E-state index is 0.140. The summed E-state index contributed by atoms with van der Waals surface area (Å²) in [5, 5.41) is 6.67. The van der Waals surface area contributed by atoms with E-state index in [1.807, 2.05) is 42.5 Å². The molecule has 0 aliphatic rings. The Morgan fingerprint density at radius 3 is 2.46 bits per heavy atom. The van der Waals surface area contributed by atoms with Gasteiger partial charge in [0, 0.05) is 11.6 Å². The van der Waals surface area contributed by atoms with Gasteiger partial charge in [0.05, 0.1) is 19.0 Å². The number of hydrogen-bond acceptors (Lipinski definition) is 5. The first-order valence-electron chi connectivity index (χ1n) is 8.64. The van der Waals surface area contributed by atoms with Crippen LogP contribution in [0.5, 0.6) is 11.5 Å². The molecule has 0 spiro atoms. The number of amides is 1. The molecule has 3 rings (SSSR count). The summed E-state index contributed by atoms with van der Waals surface area (Å²) in [4.78, 5) is 16.3. The van der Waals surface area contributed by atoms with E-state index in [1.54, 1.807) is 31.5 Å². The topological polar surface area (TPSA) is 72.5 Å². The first-order chi connectivity index (χ1) is 13.6. The molecule has 2 N–H and O–H groups in total. The molecule has 144 valence electrons. The zero-order valence-electron chi connectivity index (χ0n) is 15.3. The van der Waals surface area contributed by atoms with Gasteiger partial charge in [-0.3, -0.25) is 4.79 Å². The van der Waals surface area contributed by atoms with Crippen molar-refractivity contribution >= 4 is 29.0 Å². The van der Waals surface area contributed by atoms with Gasteiger partial charge in [0.2, 0.25) is 0 Å². The van der Waals surface area contributed by atoms with Crippen molar-refractivity contribution in [2.75, 3.05) is 24.4 Å². The molecule has 0 radical (unpaired) electrons. The van der Waals surface area contributed by atoms with Crippen molar-refractivity contribution in [3.63, 3.8) is 0 Å². The molecule has 28 heavy (non-hydrogen) atoms. The Morgan fingerprint density at radius 2 is 1.79 bits per heavy atom. The molecule has 0 aliphatic heterocycles. The number of carbonyl (C=O) groups is 1. The molecule has 0 saturated heterocycles. The van der Waals surface area contributed by atoms with Crippen molar-refractivity contribution in [2.24, 2.45) is 0 Å². The third kappa shape index (κ3) is 5.62. The van der Waals surface area contributed by atoms with E-state index in [0.717, 1.165) is 11.3 Å². The maximum Gasteiger partial charge on any atom is 0.263 e. The van der Waals surface area contributed by atoms with Gasteiger partial charge in [-0.1, -0.05) is 35.9 Å². The van der Waals surface area contributed by atoms with E-state index in [0.29, 0.717) is 28.9 Å². The number of benzene rings is 2. The summed E-state index contributed by atoms with van der Waals surface area (Å²) >= 11 is 5.88. The minimum atomic E-state index is -0.305. The van der Waals surface area contributed by atoms with Crippen molar-refractivity contribution in [2.45, 2.75) is 6.54 Å². The van der Waals surface area contributed by atoms with E-state index >= 15 is 0 Å². The van der Waals surface area contributed by atoms with Gasteiger partial charge >= 0.3 is 0 Å². The van der Waals surface area contributed by atoms with Crippen LogP contribution in [0.2, 0.25) is 5.02 Å². The van der Waals surface area contributed by atoms with Gasteiger partial charge in [0.15, 0.2) is 18.1 Å². The van der Waals surface area contributed by atoms with Gasteiger partial charge in [0.1, 0.15) is 5.82 Å². The second kappa shape index (κ2) is 9.62. The summed E-state index contributed by atoms with van der Waals surface area (Å²) in [5.74, 6) is 1.23. The Labute approximate surface area is 168 Å². The maximum atomic E-state index is 12.1. The maximum absolute atomic E-state index is 12.1. The molecular weight excluding hydrogens is 378 g/mol. The Hall–Kier alpha value is -3.25. The van der Waals surface area contributed by atoms with Gasteiger partial charge in [0.25, 0.3) is 5.91 Å². The van der Waals surface area contributed by atoms with Crippen LogP contribution in [0.25, 0.3) is 0 Å². The van der Waals surface area contributed by atoms with E-state index in [-0.39, 0.29) is 12.5 Å². The smallest absolute Gasteiger partial charge is 0.263 e. The molecule has 0 fully saturated rings. The lowest BCUT2D eigenvalue weighted by atomic mass is 10.2. The van der Waals surface area contributed by atoms with Crippen molar-refractivity contribution in [1.82, 2.24) is 4.98 Å². The Kier molecular flexibility index (Phi) is 6.70. The minimum Gasteiger partial charge on any atom is -0.493 e. The molecule has 1 heterocycles. The Bertz CT molecular complexity index is 915. The molecule has 1 aromatic heterocycles. The van der Waals surface area contributed by atoms with Crippen LogP contribution >= 0.6 is 11.6 Å². The standard InChI is InChI=1S/C21H20ClN3O3/c1-27-18-4-2-3-5-19(18)28-14-21(26)25-20-11-10-17(13-24-20)23-12-15-6-8-16(22)9-7-15/h2-11,13,23H,12,14H2,1H3,(H,24,25,26). The van der Waals surface area contributed by atoms with Crippen LogP contribution in [0.4, 0.5) is 11.5 Å². The van der Waals surface area contributed by atoms with Gasteiger partial charge < -0.3 is 20.1 Å². The third-order valence-electron chi connectivity index (χ3n) is 3.87. The largest absolute Gasteiger partial charge is 0.493 e. The number of hydrogen-bond donors (Lipinski definition) is 2. The van der Waals surface area contributed by atoms with Gasteiger partial charge in [-0.05, 0) is 42.0 Å². The average Bonchev–Trinajstić information content (AvgIpc) is 2.73. The summed E-state index contributed by atoms with van der Waals surface area (Å²) in [5.41, 5.74) is 1.95. The molecule has 0 aliphatic carbocycles. The molecule has 6 nitrogen and oxygen atoms in total. The number of anilines is 2. The van der Waals surface area contributed by atoms with Crippen LogP contribution in [0.15, 0.2) is 66.9 Å². The van der Waals surface area contributed by atoms with Crippen LogP contribution in [-0.2, 0) is 11.3 Å². The number of nitrogens with zero attached hydrogens (tertiary/aromatic N) is 1. The first-order valence-corrected chi connectivity index (χ1v) is 9.02. The normalized spacial score (nSPS) is 10.2. The fourth-order valence-electron chi connectivity index (χ4n) is 2.44. The summed E-state index contributed by atoms with van der Waals surface area (Å²) < 4.78 is 10.7. The molecule has 2 aromatic carbocycles. The summed E-state index contributed by atoms with van der Waals surface area (Å²) in [6, 6.07) is 18.3. The van der Waals surface area contributed by atoms with Crippen molar-refractivity contribution < 1.29 is 14.3 Å². The predicted octanol–water partition coefficient (Wildman–Crippen LogP) is 4.37. The summed E-state index contributed by atoms with van der Waals surface area (Å²) in [6.45, 7) is 0.510. The monoisotopic (exact) mass is 397 g/mol. The molecule has 0 bridgehead atoms. The van der Waals surface area contributed by atoms with Crippen LogP contribution in [0.3, 0.4) is 0 Å². The highest BCUT2D eigenvalue weighted by atomic mass is 35.5. The molecule has 0 unspecified atom stereocenters. The average molecular weight is 398 g/mol. The number of nitrogens with one attached hydrogen (secondary N) is 2. The highest BCUT2D eigenvalue weighted by Crippen LogP contribution is 2.25. The molecule has 0 atom stereocenters. The van der Waals surface area contributed by atoms with E-state index < -0.39 is 0 Å². The van der Waals surface area contributed by atoms with Crippen molar-refractivity contribution in [1.29, 1.82) is 0 Å². The van der Waals surface area contributed by atoms with Crippen molar-refractivity contribution in [3.8, 4) is 11.5 Å². The lowest BCUT2D eigenvalue weighted by molar-refractivity contribution is -0.118. The summed E-state index contributed by atoms with van der Waals surface area (Å²) in [6.07, 6.45) is 1.66. The lowest BCUT2D eigenvalue weighted by Gasteiger charge is -2.11. The zero-order chi connectivity index (χ0) is 19.8. The first kappa shape index (κ1) is 19.5. The van der Waals surface area contributed by atoms with E-state index in [4.69, 9.17) is 21.1 Å². The fourth-order valence-corrected chi connectivity index (χ4v) is 2.57. The summed E-state index contributed by atoms with van der Waals surface area (Å²) in [7, 11) is 1.55. The number of pyridine rings is 1. The second-order valence-electron chi connectivity index (χ2n) is 5.90. The van der Waals surface area contributed by atoms with Crippen LogP contribution in [0.1, 0.15) is 5.56 Å². The number of para-hydroxylation sites is 2. The predicted molar refractivity (Wildman–Crippen MR) is 110 cm³/mol. The molecule has 3 aromatic rings. The molecular formula is C21H20ClN3O3. The van der Waals surface area contributed by atoms with E-state index in [1.165, 1.54) is 0 Å². The number of ether oxygens (including phenoxy) is 2. The third-order valence-corrected chi connectivity index (χ3v) is 4.12. The van der Waals surface area contributed by atoms with Crippen molar-refractivity contribution in [3.05, 3.63) is 77.4 Å². The van der Waals surface area contributed by atoms with E-state index in [9.17, 15) is 4.79 Å². The molecule has 7 heteroatoms. The Morgan fingerprint density at radius 1 is 1.04 bits per heavy atom.